The Morgan fingerprint density at radius 3 is 1.58 bits per heavy atom. The van der Waals surface area contributed by atoms with Crippen molar-refractivity contribution in [3.8, 4) is 0 Å². The molecule has 0 heterocycles. The summed E-state index contributed by atoms with van der Waals surface area (Å²) in [7, 11) is 0. The van der Waals surface area contributed by atoms with Crippen molar-refractivity contribution in [1.82, 2.24) is 0 Å². The van der Waals surface area contributed by atoms with E-state index in [4.69, 9.17) is 0 Å². The van der Waals surface area contributed by atoms with Crippen LogP contribution in [0.15, 0.2) is 0 Å². The van der Waals surface area contributed by atoms with Gasteiger partial charge in [-0.15, -0.1) is 0 Å². The van der Waals surface area contributed by atoms with Crippen LogP contribution in [0.25, 0.3) is 0 Å². The molecule has 1 unspecified atom stereocenters. The van der Waals surface area contributed by atoms with E-state index in [-0.39, 0.29) is 0 Å². The first-order valence-corrected chi connectivity index (χ1v) is 2.85. The van der Waals surface area contributed by atoms with Crippen LogP contribution in [-0.4, -0.2) is 24.9 Å². The Labute approximate surface area is 63.4 Å². The molecule has 0 radical (unpaired) electrons. The standard InChI is InChI=1S/C5H5F7/c6-2(7)1-5(11,12)3(8)4(9)10/h2-4H,1H2. The highest BCUT2D eigenvalue weighted by molar-refractivity contribution is 4.79. The van der Waals surface area contributed by atoms with E-state index in [0.717, 1.165) is 0 Å². The van der Waals surface area contributed by atoms with Crippen LogP contribution in [0.1, 0.15) is 6.42 Å². The van der Waals surface area contributed by atoms with Gasteiger partial charge in [0, 0.05) is 0 Å². The molecular formula is C5H5F7. The van der Waals surface area contributed by atoms with E-state index in [9.17, 15) is 30.7 Å². The minimum Gasteiger partial charge on any atom is -0.234 e. The molecule has 0 N–H and O–H groups in total. The molecule has 0 aromatic rings. The smallest absolute Gasteiger partial charge is 0.234 e. The van der Waals surface area contributed by atoms with Crippen molar-refractivity contribution < 1.29 is 30.7 Å². The molecule has 0 aliphatic rings. The molecule has 1 atom stereocenters. The van der Waals surface area contributed by atoms with Gasteiger partial charge in [-0.1, -0.05) is 0 Å². The fourth-order valence-corrected chi connectivity index (χ4v) is 0.503. The Morgan fingerprint density at radius 1 is 0.917 bits per heavy atom. The summed E-state index contributed by atoms with van der Waals surface area (Å²) in [5.74, 6) is -4.66. The molecule has 0 saturated heterocycles. The zero-order chi connectivity index (χ0) is 9.94. The Kier molecular flexibility index (Phi) is 3.79. The van der Waals surface area contributed by atoms with Gasteiger partial charge in [0.05, 0.1) is 6.42 Å². The quantitative estimate of drug-likeness (QED) is 0.609. The van der Waals surface area contributed by atoms with Crippen LogP contribution in [-0.2, 0) is 0 Å². The molecule has 0 saturated carbocycles. The summed E-state index contributed by atoms with van der Waals surface area (Å²) in [5.41, 5.74) is 0. The molecule has 0 spiro atoms. The van der Waals surface area contributed by atoms with Gasteiger partial charge in [-0.05, 0) is 0 Å². The van der Waals surface area contributed by atoms with Gasteiger partial charge in [0.15, 0.2) is 0 Å². The largest absolute Gasteiger partial charge is 0.289 e. The summed E-state index contributed by atoms with van der Waals surface area (Å²) in [4.78, 5) is 0. The van der Waals surface area contributed by atoms with E-state index in [1.807, 2.05) is 0 Å². The second-order valence-corrected chi connectivity index (χ2v) is 2.09. The van der Waals surface area contributed by atoms with E-state index < -0.39 is 31.4 Å². The zero-order valence-corrected chi connectivity index (χ0v) is 5.58. The summed E-state index contributed by atoms with van der Waals surface area (Å²) < 4.78 is 80.9. The minimum atomic E-state index is -4.66. The molecule has 0 aliphatic heterocycles. The first-order chi connectivity index (χ1) is 5.27. The topological polar surface area (TPSA) is 0 Å². The van der Waals surface area contributed by atoms with Crippen LogP contribution < -0.4 is 0 Å². The first-order valence-electron chi connectivity index (χ1n) is 2.85. The van der Waals surface area contributed by atoms with Gasteiger partial charge in [-0.2, -0.15) is 0 Å². The third-order valence-corrected chi connectivity index (χ3v) is 1.05. The molecule has 0 bridgehead atoms. The first kappa shape index (κ1) is 11.5. The number of rotatable bonds is 4. The molecule has 0 aromatic heterocycles. The van der Waals surface area contributed by atoms with Crippen molar-refractivity contribution in [3.05, 3.63) is 0 Å². The second kappa shape index (κ2) is 3.95. The van der Waals surface area contributed by atoms with Gasteiger partial charge >= 0.3 is 0 Å². The second-order valence-electron chi connectivity index (χ2n) is 2.09. The van der Waals surface area contributed by atoms with E-state index in [0.29, 0.717) is 0 Å². The van der Waals surface area contributed by atoms with Gasteiger partial charge in [0.1, 0.15) is 0 Å². The highest BCUT2D eigenvalue weighted by atomic mass is 19.3. The molecule has 0 amide bonds. The van der Waals surface area contributed by atoms with Crippen molar-refractivity contribution in [2.45, 2.75) is 31.4 Å². The SMILES string of the molecule is FC(F)CC(F)(F)C(F)C(F)F. The Bertz CT molecular complexity index is 132. The van der Waals surface area contributed by atoms with Crippen LogP contribution >= 0.6 is 0 Å². The molecule has 0 fully saturated rings. The highest BCUT2D eigenvalue weighted by Crippen LogP contribution is 2.31. The zero-order valence-electron chi connectivity index (χ0n) is 5.58. The molecule has 12 heavy (non-hydrogen) atoms. The van der Waals surface area contributed by atoms with Gasteiger partial charge in [-0.3, -0.25) is 0 Å². The van der Waals surface area contributed by atoms with Crippen LogP contribution in [0.3, 0.4) is 0 Å². The van der Waals surface area contributed by atoms with E-state index in [2.05, 4.69) is 0 Å². The molecule has 74 valence electrons. The van der Waals surface area contributed by atoms with Crippen molar-refractivity contribution >= 4 is 0 Å². The van der Waals surface area contributed by atoms with Crippen molar-refractivity contribution in [2.75, 3.05) is 0 Å². The van der Waals surface area contributed by atoms with Gasteiger partial charge < -0.3 is 0 Å². The molecule has 0 aromatic carbocycles. The monoisotopic (exact) mass is 198 g/mol. The van der Waals surface area contributed by atoms with Crippen molar-refractivity contribution in [1.29, 1.82) is 0 Å². The summed E-state index contributed by atoms with van der Waals surface area (Å²) in [6.45, 7) is 0. The predicted octanol–water partition coefficient (Wildman–Crippen LogP) is 2.88. The van der Waals surface area contributed by atoms with E-state index >= 15 is 0 Å². The number of alkyl halides is 7. The minimum absolute atomic E-state index is 2.18. The lowest BCUT2D eigenvalue weighted by molar-refractivity contribution is -0.149. The van der Waals surface area contributed by atoms with Crippen LogP contribution in [0, 0.1) is 0 Å². The third kappa shape index (κ3) is 3.27. The summed E-state index contributed by atoms with van der Waals surface area (Å²) in [6, 6.07) is 0. The lowest BCUT2D eigenvalue weighted by Gasteiger charge is -2.19. The van der Waals surface area contributed by atoms with Crippen LogP contribution in [0.4, 0.5) is 30.7 Å². The maximum absolute atomic E-state index is 12.0. The molecule has 0 nitrogen and oxygen atoms in total. The van der Waals surface area contributed by atoms with Crippen LogP contribution in [0.5, 0.6) is 0 Å². The van der Waals surface area contributed by atoms with E-state index in [1.165, 1.54) is 0 Å². The maximum Gasteiger partial charge on any atom is 0.289 e. The normalized spacial score (nSPS) is 15.8. The fourth-order valence-electron chi connectivity index (χ4n) is 0.503. The third-order valence-electron chi connectivity index (χ3n) is 1.05. The Hall–Kier alpha value is -0.490. The summed E-state index contributed by atoms with van der Waals surface area (Å²) in [5, 5.41) is 0. The van der Waals surface area contributed by atoms with Crippen molar-refractivity contribution in [3.63, 3.8) is 0 Å². The maximum atomic E-state index is 12.0. The molecular weight excluding hydrogens is 193 g/mol. The number of hydrogen-bond donors (Lipinski definition) is 0. The lowest BCUT2D eigenvalue weighted by Crippen LogP contribution is -2.37. The summed E-state index contributed by atoms with van der Waals surface area (Å²) in [6.07, 6.45) is -13.5. The van der Waals surface area contributed by atoms with E-state index in [1.54, 1.807) is 0 Å². The highest BCUT2D eigenvalue weighted by Gasteiger charge is 2.47. The average molecular weight is 198 g/mol. The summed E-state index contributed by atoms with van der Waals surface area (Å²) >= 11 is 0. The Morgan fingerprint density at radius 2 is 1.33 bits per heavy atom. The van der Waals surface area contributed by atoms with Gasteiger partial charge in [0.25, 0.3) is 12.3 Å². The van der Waals surface area contributed by atoms with Crippen LogP contribution in [0.2, 0.25) is 0 Å². The molecule has 0 rings (SSSR count). The van der Waals surface area contributed by atoms with Crippen molar-refractivity contribution in [2.24, 2.45) is 0 Å². The van der Waals surface area contributed by atoms with Gasteiger partial charge in [0.2, 0.25) is 12.6 Å². The number of hydrogen-bond acceptors (Lipinski definition) is 0. The molecule has 7 heteroatoms. The van der Waals surface area contributed by atoms with Gasteiger partial charge in [-0.25, -0.2) is 30.7 Å². The molecule has 0 aliphatic carbocycles. The average Bonchev–Trinajstić information content (AvgIpc) is 1.82. The number of halogens is 7. The predicted molar refractivity (Wildman–Crippen MR) is 26.5 cm³/mol. The lowest BCUT2D eigenvalue weighted by atomic mass is 10.1. The fraction of sp³-hybridized carbons (Fsp3) is 1.00. The Balaban J connectivity index is 4.18.